The Hall–Kier alpha value is -0.290. The smallest absolute Gasteiger partial charge is 0.309 e. The van der Waals surface area contributed by atoms with Gasteiger partial charge in [-0.3, -0.25) is 0 Å². The molecule has 3 nitrogen and oxygen atoms in total. The number of halogens is 1. The molecule has 1 aromatic heterocycles. The molecule has 1 aromatic rings. The molecule has 0 saturated carbocycles. The highest BCUT2D eigenvalue weighted by Crippen LogP contribution is 2.26. The topological polar surface area (TPSA) is 45.8 Å². The summed E-state index contributed by atoms with van der Waals surface area (Å²) in [6, 6.07) is 0. The zero-order valence-electron chi connectivity index (χ0n) is 18.2. The highest BCUT2D eigenvalue weighted by atomic mass is 79.9. The molecular weight excluding hydrogens is 432 g/mol. The van der Waals surface area contributed by atoms with E-state index in [-0.39, 0.29) is 5.69 Å². The molecule has 0 bridgehead atoms. The molecule has 0 aliphatic heterocycles. The summed E-state index contributed by atoms with van der Waals surface area (Å²) in [5, 5.41) is 0.821. The fraction of sp³-hybridized carbons (Fsp3) is 0.826. The number of aryl methyl sites for hydroxylation is 1. The third-order valence-electron chi connectivity index (χ3n) is 5.25. The van der Waals surface area contributed by atoms with Crippen molar-refractivity contribution in [3.63, 3.8) is 0 Å². The number of hydrogen-bond acceptors (Lipinski definition) is 3. The van der Waals surface area contributed by atoms with Gasteiger partial charge >= 0.3 is 5.69 Å². The number of hydrogen-bond donors (Lipinski definition) is 1. The number of thioether (sulfide) groups is 1. The van der Waals surface area contributed by atoms with E-state index in [2.05, 4.69) is 32.8 Å². The van der Waals surface area contributed by atoms with Gasteiger partial charge in [-0.2, -0.15) is 4.98 Å². The first-order valence-electron chi connectivity index (χ1n) is 11.5. The summed E-state index contributed by atoms with van der Waals surface area (Å²) in [5.74, 6) is 1.03. The molecule has 162 valence electrons. The average molecular weight is 474 g/mol. The third-order valence-corrected chi connectivity index (χ3v) is 7.55. The molecule has 28 heavy (non-hydrogen) atoms. The summed E-state index contributed by atoms with van der Waals surface area (Å²) in [6.07, 6.45) is 22.3. The first kappa shape index (κ1) is 25.7. The van der Waals surface area contributed by atoms with Gasteiger partial charge in [0.2, 0.25) is 0 Å². The lowest BCUT2D eigenvalue weighted by molar-refractivity contribution is 0.531. The molecule has 1 rings (SSSR count). The van der Waals surface area contributed by atoms with Gasteiger partial charge in [-0.1, -0.05) is 103 Å². The molecule has 0 saturated heterocycles. The van der Waals surface area contributed by atoms with E-state index in [1.807, 2.05) is 6.92 Å². The quantitative estimate of drug-likeness (QED) is 0.133. The normalized spacial score (nSPS) is 11.2. The second kappa shape index (κ2) is 17.6. The number of nitrogens with one attached hydrogen (secondary N) is 1. The van der Waals surface area contributed by atoms with Crippen LogP contribution < -0.4 is 5.69 Å². The van der Waals surface area contributed by atoms with Crippen LogP contribution in [0, 0.1) is 6.92 Å². The van der Waals surface area contributed by atoms with Crippen molar-refractivity contribution < 1.29 is 0 Å². The summed E-state index contributed by atoms with van der Waals surface area (Å²) in [7, 11) is 0. The van der Waals surface area contributed by atoms with Gasteiger partial charge in [0.15, 0.2) is 0 Å². The maximum Gasteiger partial charge on any atom is 0.346 e. The van der Waals surface area contributed by atoms with Crippen LogP contribution in [0.1, 0.15) is 115 Å². The SMILES string of the molecule is CCCCCCCCCCCCCCCCCCSc1nc(=O)[nH]c(C)c1Br. The standard InChI is InChI=1S/C23H41BrN2OS/c1-3-4-5-6-7-8-9-10-11-12-13-14-15-16-17-18-19-28-22-21(24)20(2)25-23(27)26-22/h3-19H2,1-2H3,(H,25,26,27). The predicted octanol–water partition coefficient (Wildman–Crippen LogP) is 8.19. The Morgan fingerprint density at radius 1 is 0.786 bits per heavy atom. The second-order valence-corrected chi connectivity index (χ2v) is 9.81. The first-order chi connectivity index (χ1) is 13.6. The molecule has 1 heterocycles. The molecule has 1 N–H and O–H groups in total. The Bertz CT molecular complexity index is 562. The molecule has 0 fully saturated rings. The van der Waals surface area contributed by atoms with Crippen molar-refractivity contribution in [1.29, 1.82) is 0 Å². The van der Waals surface area contributed by atoms with Gasteiger partial charge in [0, 0.05) is 5.69 Å². The van der Waals surface area contributed by atoms with Crippen molar-refractivity contribution in [2.24, 2.45) is 0 Å². The maximum atomic E-state index is 11.4. The molecule has 0 aliphatic rings. The Balaban J connectivity index is 1.84. The van der Waals surface area contributed by atoms with E-state index >= 15 is 0 Å². The van der Waals surface area contributed by atoms with E-state index in [1.54, 1.807) is 11.8 Å². The zero-order valence-corrected chi connectivity index (χ0v) is 20.6. The third kappa shape index (κ3) is 13.0. The summed E-state index contributed by atoms with van der Waals surface area (Å²) in [5.41, 5.74) is 0.602. The molecule has 0 aliphatic carbocycles. The highest BCUT2D eigenvalue weighted by molar-refractivity contribution is 9.10. The fourth-order valence-electron chi connectivity index (χ4n) is 3.46. The monoisotopic (exact) mass is 472 g/mol. The fourth-order valence-corrected chi connectivity index (χ4v) is 4.96. The second-order valence-electron chi connectivity index (χ2n) is 7.94. The van der Waals surface area contributed by atoms with Crippen LogP contribution >= 0.6 is 27.7 Å². The summed E-state index contributed by atoms with van der Waals surface area (Å²) in [6.45, 7) is 4.18. The summed E-state index contributed by atoms with van der Waals surface area (Å²) >= 11 is 5.20. The number of unbranched alkanes of at least 4 members (excludes halogenated alkanes) is 15. The molecule has 0 aromatic carbocycles. The van der Waals surface area contributed by atoms with Gasteiger partial charge in [0.1, 0.15) is 5.03 Å². The molecule has 5 heteroatoms. The van der Waals surface area contributed by atoms with E-state index in [4.69, 9.17) is 0 Å². The Morgan fingerprint density at radius 2 is 1.21 bits per heavy atom. The van der Waals surface area contributed by atoms with Crippen LogP contribution in [0.25, 0.3) is 0 Å². The van der Waals surface area contributed by atoms with E-state index in [0.717, 1.165) is 20.9 Å². The number of nitrogens with zero attached hydrogens (tertiary/aromatic N) is 1. The maximum absolute atomic E-state index is 11.4. The van der Waals surface area contributed by atoms with Crippen molar-refractivity contribution >= 4 is 27.7 Å². The van der Waals surface area contributed by atoms with E-state index in [1.165, 1.54) is 103 Å². The number of aromatic nitrogens is 2. The van der Waals surface area contributed by atoms with Crippen molar-refractivity contribution in [3.05, 3.63) is 20.7 Å². The lowest BCUT2D eigenvalue weighted by atomic mass is 10.0. The van der Waals surface area contributed by atoms with Crippen LogP contribution in [0.15, 0.2) is 14.3 Å². The zero-order chi connectivity index (χ0) is 20.5. The van der Waals surface area contributed by atoms with Crippen LogP contribution in [-0.2, 0) is 0 Å². The van der Waals surface area contributed by atoms with Crippen molar-refractivity contribution in [2.75, 3.05) is 5.75 Å². The van der Waals surface area contributed by atoms with Gasteiger partial charge in [-0.15, -0.1) is 11.8 Å². The predicted molar refractivity (Wildman–Crippen MR) is 128 cm³/mol. The van der Waals surface area contributed by atoms with Crippen molar-refractivity contribution in [1.82, 2.24) is 9.97 Å². The summed E-state index contributed by atoms with van der Waals surface area (Å²) < 4.78 is 0.925. The van der Waals surface area contributed by atoms with Gasteiger partial charge in [-0.05, 0) is 35.0 Å². The van der Waals surface area contributed by atoms with Crippen LogP contribution in [0.2, 0.25) is 0 Å². The van der Waals surface area contributed by atoms with Crippen LogP contribution in [0.3, 0.4) is 0 Å². The molecule has 0 unspecified atom stereocenters. The molecule has 0 spiro atoms. The van der Waals surface area contributed by atoms with Gasteiger partial charge in [0.25, 0.3) is 0 Å². The largest absolute Gasteiger partial charge is 0.346 e. The van der Waals surface area contributed by atoms with Crippen LogP contribution in [0.5, 0.6) is 0 Å². The number of rotatable bonds is 18. The van der Waals surface area contributed by atoms with E-state index in [9.17, 15) is 4.79 Å². The Morgan fingerprint density at radius 3 is 1.68 bits per heavy atom. The molecule has 0 atom stereocenters. The van der Waals surface area contributed by atoms with Crippen LogP contribution in [-0.4, -0.2) is 15.7 Å². The Labute approximate surface area is 185 Å². The van der Waals surface area contributed by atoms with Crippen LogP contribution in [0.4, 0.5) is 0 Å². The minimum absolute atomic E-state index is 0.254. The van der Waals surface area contributed by atoms with Gasteiger partial charge in [0.05, 0.1) is 4.47 Å². The Kier molecular flexibility index (Phi) is 16.1. The molecule has 0 radical (unpaired) electrons. The minimum atomic E-state index is -0.254. The van der Waals surface area contributed by atoms with Gasteiger partial charge < -0.3 is 4.98 Å². The lowest BCUT2D eigenvalue weighted by Gasteiger charge is -2.05. The van der Waals surface area contributed by atoms with Crippen molar-refractivity contribution in [2.45, 2.75) is 122 Å². The lowest BCUT2D eigenvalue weighted by Crippen LogP contribution is -2.13. The minimum Gasteiger partial charge on any atom is -0.309 e. The number of aromatic amines is 1. The molecular formula is C23H41BrN2OS. The molecule has 0 amide bonds. The highest BCUT2D eigenvalue weighted by Gasteiger charge is 2.07. The average Bonchev–Trinajstić information content (AvgIpc) is 2.67. The van der Waals surface area contributed by atoms with E-state index in [0.29, 0.717) is 0 Å². The first-order valence-corrected chi connectivity index (χ1v) is 13.3. The summed E-state index contributed by atoms with van der Waals surface area (Å²) in [4.78, 5) is 18.2. The number of H-pyrrole nitrogens is 1. The van der Waals surface area contributed by atoms with Gasteiger partial charge in [-0.25, -0.2) is 4.79 Å². The van der Waals surface area contributed by atoms with E-state index < -0.39 is 0 Å². The van der Waals surface area contributed by atoms with Crippen molar-refractivity contribution in [3.8, 4) is 0 Å².